The van der Waals surface area contributed by atoms with Crippen LogP contribution in [0.1, 0.15) is 11.1 Å². The van der Waals surface area contributed by atoms with Gasteiger partial charge in [-0.1, -0.05) is 30.4 Å². The molecule has 0 bridgehead atoms. The van der Waals surface area contributed by atoms with Crippen molar-refractivity contribution in [2.45, 2.75) is 6.54 Å². The van der Waals surface area contributed by atoms with Crippen molar-refractivity contribution >= 4 is 11.8 Å². The molecule has 2 rings (SSSR count). The zero-order chi connectivity index (χ0) is 16.7. The highest BCUT2D eigenvalue weighted by atomic mass is 16.5. The van der Waals surface area contributed by atoms with Gasteiger partial charge in [0.1, 0.15) is 0 Å². The molecular formula is C19H24N2O2. The highest BCUT2D eigenvalue weighted by molar-refractivity contribution is 5.53. The van der Waals surface area contributed by atoms with Gasteiger partial charge in [0.05, 0.1) is 14.2 Å². The summed E-state index contributed by atoms with van der Waals surface area (Å²) in [4.78, 5) is 2.23. The lowest BCUT2D eigenvalue weighted by Crippen LogP contribution is -2.17. The minimum atomic E-state index is 0.752. The maximum absolute atomic E-state index is 5.68. The van der Waals surface area contributed by atoms with Crippen LogP contribution in [0.5, 0.6) is 11.5 Å². The molecule has 0 fully saturated rings. The Bertz CT molecular complexity index is 651. The van der Waals surface area contributed by atoms with Crippen LogP contribution in [0.3, 0.4) is 0 Å². The number of likely N-dealkylation sites (N-methyl/N-ethyl adjacent to an activating group) is 1. The first-order valence-electron chi connectivity index (χ1n) is 7.54. The first-order valence-corrected chi connectivity index (χ1v) is 7.54. The van der Waals surface area contributed by atoms with E-state index in [1.54, 1.807) is 14.2 Å². The average molecular weight is 312 g/mol. The van der Waals surface area contributed by atoms with Crippen LogP contribution in [-0.4, -0.2) is 32.7 Å². The third-order valence-corrected chi connectivity index (χ3v) is 3.56. The fourth-order valence-electron chi connectivity index (χ4n) is 2.33. The summed E-state index contributed by atoms with van der Waals surface area (Å²) in [5.41, 5.74) is 8.80. The summed E-state index contributed by atoms with van der Waals surface area (Å²) < 4.78 is 10.6. The summed E-state index contributed by atoms with van der Waals surface area (Å²) >= 11 is 0. The van der Waals surface area contributed by atoms with Gasteiger partial charge in [-0.05, 0) is 42.4 Å². The van der Waals surface area contributed by atoms with Crippen LogP contribution in [0.15, 0.2) is 48.5 Å². The molecule has 0 atom stereocenters. The van der Waals surface area contributed by atoms with Crippen LogP contribution < -0.4 is 15.2 Å². The standard InChI is InChI=1S/C19H24N2O2/c1-21(12-4-5-15-6-9-17(20)10-7-15)14-16-8-11-18(22-2)19(13-16)23-3/h4-11,13H,12,14,20H2,1-3H3/b5-4+. The van der Waals surface area contributed by atoms with Gasteiger partial charge in [0.15, 0.2) is 11.5 Å². The normalized spacial score (nSPS) is 11.1. The molecule has 4 heteroatoms. The molecule has 0 saturated heterocycles. The lowest BCUT2D eigenvalue weighted by Gasteiger charge is -2.16. The van der Waals surface area contributed by atoms with Crippen LogP contribution in [0.25, 0.3) is 6.08 Å². The first-order chi connectivity index (χ1) is 11.1. The summed E-state index contributed by atoms with van der Waals surface area (Å²) in [6, 6.07) is 13.9. The van der Waals surface area contributed by atoms with Crippen LogP contribution in [0.2, 0.25) is 0 Å². The van der Waals surface area contributed by atoms with E-state index in [-0.39, 0.29) is 0 Å². The number of hydrogen-bond acceptors (Lipinski definition) is 4. The number of nitrogens with zero attached hydrogens (tertiary/aromatic N) is 1. The third kappa shape index (κ3) is 5.04. The predicted octanol–water partition coefficient (Wildman–Crippen LogP) is 3.43. The van der Waals surface area contributed by atoms with E-state index in [2.05, 4.69) is 30.2 Å². The molecular weight excluding hydrogens is 288 g/mol. The number of methoxy groups -OCH3 is 2. The molecule has 0 aromatic heterocycles. The van der Waals surface area contributed by atoms with Gasteiger partial charge in [-0.25, -0.2) is 0 Å². The monoisotopic (exact) mass is 312 g/mol. The molecule has 122 valence electrons. The van der Waals surface area contributed by atoms with Crippen molar-refractivity contribution < 1.29 is 9.47 Å². The van der Waals surface area contributed by atoms with E-state index in [9.17, 15) is 0 Å². The predicted molar refractivity (Wildman–Crippen MR) is 95.8 cm³/mol. The summed E-state index contributed by atoms with van der Waals surface area (Å²) in [7, 11) is 5.39. The second-order valence-corrected chi connectivity index (χ2v) is 5.46. The number of nitrogen functional groups attached to an aromatic ring is 1. The molecule has 0 aliphatic heterocycles. The lowest BCUT2D eigenvalue weighted by atomic mass is 10.2. The number of nitrogens with two attached hydrogens (primary N) is 1. The number of rotatable bonds is 7. The van der Waals surface area contributed by atoms with E-state index in [1.807, 2.05) is 36.4 Å². The fourth-order valence-corrected chi connectivity index (χ4v) is 2.33. The lowest BCUT2D eigenvalue weighted by molar-refractivity contribution is 0.347. The van der Waals surface area contributed by atoms with Crippen LogP contribution in [0.4, 0.5) is 5.69 Å². The van der Waals surface area contributed by atoms with Gasteiger partial charge in [-0.3, -0.25) is 4.90 Å². The van der Waals surface area contributed by atoms with Crippen LogP contribution in [0, 0.1) is 0 Å². The Hall–Kier alpha value is -2.46. The second kappa shape index (κ2) is 8.25. The summed E-state index contributed by atoms with van der Waals surface area (Å²) in [6.45, 7) is 1.70. The molecule has 0 amide bonds. The molecule has 2 N–H and O–H groups in total. The Morgan fingerprint density at radius 2 is 1.70 bits per heavy atom. The second-order valence-electron chi connectivity index (χ2n) is 5.46. The molecule has 4 nitrogen and oxygen atoms in total. The van der Waals surface area contributed by atoms with Gasteiger partial charge in [0.2, 0.25) is 0 Å². The Kier molecular flexibility index (Phi) is 6.06. The highest BCUT2D eigenvalue weighted by Crippen LogP contribution is 2.27. The van der Waals surface area contributed by atoms with Gasteiger partial charge < -0.3 is 15.2 Å². The summed E-state index contributed by atoms with van der Waals surface area (Å²) in [6.07, 6.45) is 4.25. The van der Waals surface area contributed by atoms with Crippen LogP contribution in [-0.2, 0) is 6.54 Å². The zero-order valence-electron chi connectivity index (χ0n) is 14.0. The minimum Gasteiger partial charge on any atom is -0.493 e. The van der Waals surface area contributed by atoms with E-state index >= 15 is 0 Å². The molecule has 0 heterocycles. The minimum absolute atomic E-state index is 0.752. The van der Waals surface area contributed by atoms with Gasteiger partial charge in [-0.15, -0.1) is 0 Å². The Balaban J connectivity index is 1.91. The first kappa shape index (κ1) is 16.9. The van der Waals surface area contributed by atoms with E-state index in [1.165, 1.54) is 5.56 Å². The van der Waals surface area contributed by atoms with Crippen molar-refractivity contribution in [2.75, 3.05) is 33.5 Å². The van der Waals surface area contributed by atoms with Gasteiger partial charge in [0.25, 0.3) is 0 Å². The summed E-state index contributed by atoms with van der Waals surface area (Å²) in [5, 5.41) is 0. The molecule has 0 aliphatic carbocycles. The third-order valence-electron chi connectivity index (χ3n) is 3.56. The number of benzene rings is 2. The SMILES string of the molecule is COc1ccc(CN(C)C/C=C/c2ccc(N)cc2)cc1OC. The van der Waals surface area contributed by atoms with Gasteiger partial charge in [-0.2, -0.15) is 0 Å². The summed E-state index contributed by atoms with van der Waals surface area (Å²) in [5.74, 6) is 1.51. The van der Waals surface area contributed by atoms with Gasteiger partial charge >= 0.3 is 0 Å². The molecule has 2 aromatic rings. The van der Waals surface area contributed by atoms with E-state index < -0.39 is 0 Å². The average Bonchev–Trinajstić information content (AvgIpc) is 2.56. The quantitative estimate of drug-likeness (QED) is 0.796. The molecule has 0 saturated carbocycles. The maximum atomic E-state index is 5.68. The van der Waals surface area contributed by atoms with E-state index in [0.29, 0.717) is 0 Å². The maximum Gasteiger partial charge on any atom is 0.161 e. The van der Waals surface area contributed by atoms with Crippen molar-refractivity contribution in [3.63, 3.8) is 0 Å². The smallest absolute Gasteiger partial charge is 0.161 e. The van der Waals surface area contributed by atoms with E-state index in [0.717, 1.165) is 35.8 Å². The highest BCUT2D eigenvalue weighted by Gasteiger charge is 2.06. The molecule has 0 unspecified atom stereocenters. The Labute approximate surface area is 138 Å². The molecule has 23 heavy (non-hydrogen) atoms. The zero-order valence-corrected chi connectivity index (χ0v) is 14.0. The number of anilines is 1. The van der Waals surface area contributed by atoms with Crippen molar-refractivity contribution in [3.05, 3.63) is 59.7 Å². The fraction of sp³-hybridized carbons (Fsp3) is 0.263. The number of hydrogen-bond donors (Lipinski definition) is 1. The van der Waals surface area contributed by atoms with Crippen LogP contribution >= 0.6 is 0 Å². The van der Waals surface area contributed by atoms with Crippen molar-refractivity contribution in [3.8, 4) is 11.5 Å². The Morgan fingerprint density at radius 1 is 1.00 bits per heavy atom. The number of ether oxygens (including phenoxy) is 2. The van der Waals surface area contributed by atoms with Crippen molar-refractivity contribution in [1.29, 1.82) is 0 Å². The van der Waals surface area contributed by atoms with Crippen molar-refractivity contribution in [2.24, 2.45) is 0 Å². The molecule has 2 aromatic carbocycles. The molecule has 0 aliphatic rings. The van der Waals surface area contributed by atoms with Gasteiger partial charge in [0, 0.05) is 18.8 Å². The molecule has 0 radical (unpaired) electrons. The Morgan fingerprint density at radius 3 is 2.35 bits per heavy atom. The topological polar surface area (TPSA) is 47.7 Å². The van der Waals surface area contributed by atoms with Crippen molar-refractivity contribution in [1.82, 2.24) is 4.90 Å². The molecule has 0 spiro atoms. The largest absolute Gasteiger partial charge is 0.493 e. The van der Waals surface area contributed by atoms with E-state index in [4.69, 9.17) is 15.2 Å².